The van der Waals surface area contributed by atoms with E-state index in [2.05, 4.69) is 15.6 Å². The summed E-state index contributed by atoms with van der Waals surface area (Å²) in [6.45, 7) is 3.93. The van der Waals surface area contributed by atoms with Gasteiger partial charge in [-0.1, -0.05) is 41.6 Å². The van der Waals surface area contributed by atoms with Gasteiger partial charge in [0.15, 0.2) is 5.17 Å². The number of nitrogens with one attached hydrogen (secondary N) is 2. The van der Waals surface area contributed by atoms with Crippen LogP contribution in [-0.2, 0) is 15.1 Å². The number of imide groups is 1. The van der Waals surface area contributed by atoms with E-state index in [1.807, 2.05) is 19.1 Å². The van der Waals surface area contributed by atoms with E-state index in [4.69, 9.17) is 0 Å². The molecule has 0 bridgehead atoms. The van der Waals surface area contributed by atoms with Crippen molar-refractivity contribution in [3.8, 4) is 0 Å². The van der Waals surface area contributed by atoms with Crippen molar-refractivity contribution in [3.05, 3.63) is 35.4 Å². The Morgan fingerprint density at radius 1 is 1.38 bits per heavy atom. The van der Waals surface area contributed by atoms with Crippen LogP contribution in [0.2, 0.25) is 0 Å². The fraction of sp³-hybridized carbons (Fsp3) is 0.375. The number of thioether (sulfide) groups is 1. The predicted molar refractivity (Wildman–Crippen MR) is 91.7 cm³/mol. The van der Waals surface area contributed by atoms with Crippen LogP contribution < -0.4 is 10.6 Å². The van der Waals surface area contributed by atoms with Gasteiger partial charge >= 0.3 is 6.03 Å². The lowest BCUT2D eigenvalue weighted by Crippen LogP contribution is -2.43. The van der Waals surface area contributed by atoms with E-state index in [1.54, 1.807) is 19.1 Å². The minimum atomic E-state index is -1.16. The first kappa shape index (κ1) is 16.5. The molecule has 4 amide bonds. The maximum atomic E-state index is 12.7. The molecule has 2 heterocycles. The Balaban J connectivity index is 1.73. The number of carbonyl (C=O) groups excluding carboxylic acids is 3. The third-order valence-electron chi connectivity index (χ3n) is 4.04. The summed E-state index contributed by atoms with van der Waals surface area (Å²) < 4.78 is 0. The molecule has 3 rings (SSSR count). The van der Waals surface area contributed by atoms with E-state index in [-0.39, 0.29) is 6.54 Å². The average Bonchev–Trinajstić information content (AvgIpc) is 3.11. The standard InChI is InChI=1S/C16H18N4O3S/c1-10-3-5-11(6-4-10)16(2)13(22)20(15(23)19-16)9-12(21)18-14-17-7-8-24-14/h3-6H,7-9H2,1-2H3,(H,19,23)(H,17,18,21). The minimum Gasteiger partial charge on any atom is -0.319 e. The van der Waals surface area contributed by atoms with Gasteiger partial charge in [0, 0.05) is 5.75 Å². The molecule has 24 heavy (non-hydrogen) atoms. The molecule has 0 radical (unpaired) electrons. The van der Waals surface area contributed by atoms with Gasteiger partial charge < -0.3 is 10.6 Å². The highest BCUT2D eigenvalue weighted by Gasteiger charge is 2.49. The maximum Gasteiger partial charge on any atom is 0.325 e. The first-order chi connectivity index (χ1) is 11.4. The molecule has 1 saturated heterocycles. The number of hydrogen-bond donors (Lipinski definition) is 2. The third-order valence-corrected chi connectivity index (χ3v) is 4.93. The van der Waals surface area contributed by atoms with Gasteiger partial charge in [-0.05, 0) is 19.4 Å². The minimum absolute atomic E-state index is 0.328. The quantitative estimate of drug-likeness (QED) is 0.798. The van der Waals surface area contributed by atoms with Gasteiger partial charge in [0.05, 0.1) is 6.54 Å². The normalized spacial score (nSPS) is 23.2. The van der Waals surface area contributed by atoms with E-state index >= 15 is 0 Å². The zero-order valence-electron chi connectivity index (χ0n) is 13.5. The lowest BCUT2D eigenvalue weighted by atomic mass is 9.91. The van der Waals surface area contributed by atoms with Crippen LogP contribution in [0.5, 0.6) is 0 Å². The third kappa shape index (κ3) is 3.01. The fourth-order valence-corrected chi connectivity index (χ4v) is 3.38. The number of rotatable bonds is 3. The Morgan fingerprint density at radius 2 is 2.08 bits per heavy atom. The van der Waals surface area contributed by atoms with Crippen LogP contribution in [0.15, 0.2) is 29.3 Å². The molecule has 2 N–H and O–H groups in total. The van der Waals surface area contributed by atoms with Crippen molar-refractivity contribution in [3.63, 3.8) is 0 Å². The molecule has 1 aromatic carbocycles. The van der Waals surface area contributed by atoms with Crippen LogP contribution in [0.3, 0.4) is 0 Å². The molecular weight excluding hydrogens is 328 g/mol. The average molecular weight is 346 g/mol. The summed E-state index contributed by atoms with van der Waals surface area (Å²) in [6, 6.07) is 6.80. The fourth-order valence-electron chi connectivity index (χ4n) is 2.64. The number of aliphatic imine (C=N–C) groups is 1. The smallest absolute Gasteiger partial charge is 0.319 e. The van der Waals surface area contributed by atoms with E-state index < -0.39 is 23.4 Å². The molecule has 1 aromatic rings. The first-order valence-electron chi connectivity index (χ1n) is 7.58. The highest BCUT2D eigenvalue weighted by molar-refractivity contribution is 8.14. The largest absolute Gasteiger partial charge is 0.325 e. The number of nitrogens with zero attached hydrogens (tertiary/aromatic N) is 2. The molecule has 7 nitrogen and oxygen atoms in total. The first-order valence-corrected chi connectivity index (χ1v) is 8.57. The number of amidine groups is 1. The van der Waals surface area contributed by atoms with Gasteiger partial charge in [-0.2, -0.15) is 0 Å². The van der Waals surface area contributed by atoms with Crippen molar-refractivity contribution in [1.29, 1.82) is 0 Å². The van der Waals surface area contributed by atoms with E-state index in [1.165, 1.54) is 11.8 Å². The number of hydrogen-bond acceptors (Lipinski definition) is 5. The summed E-state index contributed by atoms with van der Waals surface area (Å²) in [7, 11) is 0. The molecule has 126 valence electrons. The number of benzene rings is 1. The number of carbonyl (C=O) groups is 3. The van der Waals surface area contributed by atoms with Gasteiger partial charge in [0.25, 0.3) is 5.91 Å². The van der Waals surface area contributed by atoms with Crippen LogP contribution in [0.25, 0.3) is 0 Å². The predicted octanol–water partition coefficient (Wildman–Crippen LogP) is 0.981. The molecule has 2 aliphatic rings. The van der Waals surface area contributed by atoms with Crippen molar-refractivity contribution in [2.75, 3.05) is 18.8 Å². The molecule has 0 spiro atoms. The monoisotopic (exact) mass is 346 g/mol. The van der Waals surface area contributed by atoms with Gasteiger partial charge in [0.2, 0.25) is 5.91 Å². The molecule has 0 saturated carbocycles. The highest BCUT2D eigenvalue weighted by atomic mass is 32.2. The SMILES string of the molecule is Cc1ccc(C2(C)NC(=O)N(CC(=O)NC3=NCCS3)C2=O)cc1. The molecule has 0 aromatic heterocycles. The van der Waals surface area contributed by atoms with Crippen molar-refractivity contribution in [1.82, 2.24) is 15.5 Å². The summed E-state index contributed by atoms with van der Waals surface area (Å²) in [6.07, 6.45) is 0. The molecule has 1 unspecified atom stereocenters. The van der Waals surface area contributed by atoms with Crippen LogP contribution in [0, 0.1) is 6.92 Å². The summed E-state index contributed by atoms with van der Waals surface area (Å²) in [4.78, 5) is 42.0. The van der Waals surface area contributed by atoms with E-state index in [0.29, 0.717) is 17.3 Å². The zero-order valence-corrected chi connectivity index (χ0v) is 14.3. The molecule has 1 fully saturated rings. The van der Waals surface area contributed by atoms with Gasteiger partial charge in [-0.15, -0.1) is 0 Å². The van der Waals surface area contributed by atoms with Gasteiger partial charge in [-0.3, -0.25) is 19.5 Å². The second kappa shape index (κ2) is 6.27. The Labute approximate surface area is 143 Å². The Morgan fingerprint density at radius 3 is 2.71 bits per heavy atom. The van der Waals surface area contributed by atoms with Gasteiger partial charge in [0.1, 0.15) is 12.1 Å². The zero-order chi connectivity index (χ0) is 17.3. The molecule has 8 heteroatoms. The Bertz CT molecular complexity index is 731. The van der Waals surface area contributed by atoms with Crippen molar-refractivity contribution < 1.29 is 14.4 Å². The van der Waals surface area contributed by atoms with Gasteiger partial charge in [-0.25, -0.2) is 4.79 Å². The number of amides is 4. The summed E-state index contributed by atoms with van der Waals surface area (Å²) in [5, 5.41) is 5.84. The topological polar surface area (TPSA) is 90.9 Å². The summed E-state index contributed by atoms with van der Waals surface area (Å²) in [5.74, 6) is -0.0446. The summed E-state index contributed by atoms with van der Waals surface area (Å²) >= 11 is 1.44. The van der Waals surface area contributed by atoms with Crippen molar-refractivity contribution in [2.24, 2.45) is 4.99 Å². The highest BCUT2D eigenvalue weighted by Crippen LogP contribution is 2.28. The lowest BCUT2D eigenvalue weighted by Gasteiger charge is -2.22. The number of aryl methyl sites for hydroxylation is 1. The second-order valence-corrected chi connectivity index (χ2v) is 6.98. The molecule has 1 atom stereocenters. The second-order valence-electron chi connectivity index (χ2n) is 5.90. The van der Waals surface area contributed by atoms with Crippen LogP contribution in [-0.4, -0.2) is 46.8 Å². The maximum absolute atomic E-state index is 12.7. The van der Waals surface area contributed by atoms with Crippen molar-refractivity contribution in [2.45, 2.75) is 19.4 Å². The van der Waals surface area contributed by atoms with E-state index in [0.717, 1.165) is 16.2 Å². The summed E-state index contributed by atoms with van der Waals surface area (Å²) in [5.41, 5.74) is 0.584. The van der Waals surface area contributed by atoms with Crippen LogP contribution in [0.1, 0.15) is 18.1 Å². The molecule has 0 aliphatic carbocycles. The van der Waals surface area contributed by atoms with Crippen LogP contribution >= 0.6 is 11.8 Å². The molecule has 2 aliphatic heterocycles. The van der Waals surface area contributed by atoms with Crippen LogP contribution in [0.4, 0.5) is 4.79 Å². The lowest BCUT2D eigenvalue weighted by molar-refractivity contribution is -0.134. The Hall–Kier alpha value is -2.35. The molecular formula is C16H18N4O3S. The number of urea groups is 1. The Kier molecular flexibility index (Phi) is 4.31. The van der Waals surface area contributed by atoms with E-state index in [9.17, 15) is 14.4 Å². The van der Waals surface area contributed by atoms with Crippen molar-refractivity contribution >= 4 is 34.8 Å².